The molecule has 1 amide bonds. The van der Waals surface area contributed by atoms with Crippen LogP contribution in [0.15, 0.2) is 66.2 Å². The molecule has 3 aromatic carbocycles. The largest absolute Gasteiger partial charge is 0.507 e. The van der Waals surface area contributed by atoms with E-state index >= 15 is 0 Å². The average Bonchev–Trinajstić information content (AvgIpc) is 3.46. The Balaban J connectivity index is 1.65. The van der Waals surface area contributed by atoms with Crippen molar-refractivity contribution < 1.29 is 33.6 Å². The van der Waals surface area contributed by atoms with Crippen LogP contribution in [0.3, 0.4) is 0 Å². The highest BCUT2D eigenvalue weighted by molar-refractivity contribution is 6.46. The third kappa shape index (κ3) is 4.78. The van der Waals surface area contributed by atoms with E-state index in [2.05, 4.69) is 0 Å². The number of Topliss-reactive ketones (excluding diaryl/α,β-unsaturated/α-hetero) is 1. The molecule has 39 heavy (non-hydrogen) atoms. The molecule has 0 radical (unpaired) electrons. The Bertz CT molecular complexity index is 1420. The lowest BCUT2D eigenvalue weighted by Crippen LogP contribution is -2.31. The number of hydrogen-bond acceptors (Lipinski definition) is 7. The van der Waals surface area contributed by atoms with Crippen LogP contribution >= 0.6 is 0 Å². The van der Waals surface area contributed by atoms with Gasteiger partial charge in [-0.3, -0.25) is 9.59 Å². The molecule has 2 heterocycles. The maximum Gasteiger partial charge on any atom is 0.295 e. The van der Waals surface area contributed by atoms with Gasteiger partial charge in [-0.2, -0.15) is 0 Å². The molecular formula is C31H31NO7. The fourth-order valence-corrected chi connectivity index (χ4v) is 5.34. The first-order chi connectivity index (χ1) is 18.9. The number of methoxy groups -OCH3 is 3. The quantitative estimate of drug-likeness (QED) is 0.257. The number of carbonyl (C=O) groups excluding carboxylic acids is 2. The molecule has 5 rings (SSSR count). The Kier molecular flexibility index (Phi) is 7.19. The molecule has 202 valence electrons. The number of nitrogens with zero attached hydrogens (tertiary/aromatic N) is 1. The van der Waals surface area contributed by atoms with E-state index in [1.54, 1.807) is 24.3 Å². The van der Waals surface area contributed by atoms with Crippen LogP contribution in [0.4, 0.5) is 0 Å². The second kappa shape index (κ2) is 10.7. The van der Waals surface area contributed by atoms with Gasteiger partial charge in [0.05, 0.1) is 32.9 Å². The van der Waals surface area contributed by atoms with Crippen molar-refractivity contribution in [3.8, 4) is 23.0 Å². The molecule has 2 aliphatic rings. The van der Waals surface area contributed by atoms with Crippen LogP contribution in [0.1, 0.15) is 35.2 Å². The number of benzene rings is 3. The van der Waals surface area contributed by atoms with E-state index in [0.717, 1.165) is 16.9 Å². The van der Waals surface area contributed by atoms with Crippen molar-refractivity contribution in [2.24, 2.45) is 0 Å². The molecule has 2 atom stereocenters. The lowest BCUT2D eigenvalue weighted by atomic mass is 9.93. The van der Waals surface area contributed by atoms with E-state index in [0.29, 0.717) is 41.2 Å². The van der Waals surface area contributed by atoms with Gasteiger partial charge >= 0.3 is 0 Å². The number of hydrogen-bond donors (Lipinski definition) is 1. The maximum absolute atomic E-state index is 13.5. The van der Waals surface area contributed by atoms with Gasteiger partial charge in [-0.05, 0) is 60.4 Å². The van der Waals surface area contributed by atoms with Crippen molar-refractivity contribution in [2.45, 2.75) is 31.9 Å². The maximum atomic E-state index is 13.5. The van der Waals surface area contributed by atoms with Gasteiger partial charge < -0.3 is 29.0 Å². The first kappa shape index (κ1) is 26.2. The monoisotopic (exact) mass is 529 g/mol. The van der Waals surface area contributed by atoms with E-state index in [4.69, 9.17) is 18.9 Å². The number of ketones is 1. The smallest absolute Gasteiger partial charge is 0.295 e. The molecule has 8 nitrogen and oxygen atoms in total. The summed E-state index contributed by atoms with van der Waals surface area (Å²) in [6, 6.07) is 17.6. The standard InChI is InChI=1S/C31H31NO7/c1-18-14-21-15-20(10-11-23(21)39-18)28(33)26-27(22-16-24(36-2)30(38-4)25(17-22)37-3)32(31(35)29(26)34)13-12-19-8-6-5-7-9-19/h5-11,15-18,27,33H,12-14H2,1-4H3/t18-,27+/m0/s1. The second-order valence-electron chi connectivity index (χ2n) is 9.64. The molecular weight excluding hydrogens is 498 g/mol. The Labute approximate surface area is 227 Å². The summed E-state index contributed by atoms with van der Waals surface area (Å²) in [4.78, 5) is 28.5. The van der Waals surface area contributed by atoms with E-state index in [1.807, 2.05) is 43.3 Å². The van der Waals surface area contributed by atoms with E-state index in [-0.39, 0.29) is 24.0 Å². The Morgan fingerprint density at radius 1 is 0.974 bits per heavy atom. The number of likely N-dealkylation sites (tertiary alicyclic amines) is 1. The zero-order valence-corrected chi connectivity index (χ0v) is 22.4. The lowest BCUT2D eigenvalue weighted by Gasteiger charge is -2.26. The van der Waals surface area contributed by atoms with Crippen molar-refractivity contribution >= 4 is 17.4 Å². The number of rotatable bonds is 8. The number of fused-ring (bicyclic) bond motifs is 1. The predicted molar refractivity (Wildman–Crippen MR) is 145 cm³/mol. The highest BCUT2D eigenvalue weighted by Crippen LogP contribution is 2.46. The molecule has 1 N–H and O–H groups in total. The van der Waals surface area contributed by atoms with Gasteiger partial charge in [0, 0.05) is 18.5 Å². The zero-order chi connectivity index (χ0) is 27.7. The van der Waals surface area contributed by atoms with Gasteiger partial charge in [0.25, 0.3) is 11.7 Å². The fraction of sp³-hybridized carbons (Fsp3) is 0.290. The number of amides is 1. The number of aliphatic hydroxyl groups is 1. The molecule has 0 unspecified atom stereocenters. The molecule has 8 heteroatoms. The predicted octanol–water partition coefficient (Wildman–Crippen LogP) is 4.70. The number of aliphatic hydroxyl groups excluding tert-OH is 1. The van der Waals surface area contributed by atoms with Gasteiger partial charge in [-0.1, -0.05) is 30.3 Å². The molecule has 0 spiro atoms. The van der Waals surface area contributed by atoms with Crippen molar-refractivity contribution in [2.75, 3.05) is 27.9 Å². The van der Waals surface area contributed by atoms with E-state index in [1.165, 1.54) is 26.2 Å². The van der Waals surface area contributed by atoms with Crippen molar-refractivity contribution in [1.29, 1.82) is 0 Å². The van der Waals surface area contributed by atoms with Gasteiger partial charge in [-0.15, -0.1) is 0 Å². The summed E-state index contributed by atoms with van der Waals surface area (Å²) in [6.45, 7) is 2.24. The summed E-state index contributed by atoms with van der Waals surface area (Å²) < 4.78 is 22.4. The highest BCUT2D eigenvalue weighted by Gasteiger charge is 2.46. The summed E-state index contributed by atoms with van der Waals surface area (Å²) >= 11 is 0. The minimum absolute atomic E-state index is 0.00856. The lowest BCUT2D eigenvalue weighted by molar-refractivity contribution is -0.139. The Morgan fingerprint density at radius 3 is 2.31 bits per heavy atom. The minimum Gasteiger partial charge on any atom is -0.507 e. The molecule has 2 aliphatic heterocycles. The first-order valence-corrected chi connectivity index (χ1v) is 12.8. The zero-order valence-electron chi connectivity index (χ0n) is 22.4. The summed E-state index contributed by atoms with van der Waals surface area (Å²) in [5.41, 5.74) is 2.97. The molecule has 3 aromatic rings. The minimum atomic E-state index is -0.870. The summed E-state index contributed by atoms with van der Waals surface area (Å²) in [5.74, 6) is 0.236. The topological polar surface area (TPSA) is 94.5 Å². The van der Waals surface area contributed by atoms with Gasteiger partial charge in [-0.25, -0.2) is 0 Å². The third-order valence-electron chi connectivity index (χ3n) is 7.20. The van der Waals surface area contributed by atoms with Gasteiger partial charge in [0.1, 0.15) is 17.6 Å². The molecule has 0 aromatic heterocycles. The van der Waals surface area contributed by atoms with Gasteiger partial charge in [0.2, 0.25) is 5.75 Å². The Morgan fingerprint density at radius 2 is 1.67 bits per heavy atom. The van der Waals surface area contributed by atoms with E-state index < -0.39 is 17.7 Å². The van der Waals surface area contributed by atoms with Crippen LogP contribution in [-0.2, 0) is 22.4 Å². The van der Waals surface area contributed by atoms with Crippen molar-refractivity contribution in [3.05, 3.63) is 88.5 Å². The average molecular weight is 530 g/mol. The molecule has 0 bridgehead atoms. The summed E-state index contributed by atoms with van der Waals surface area (Å²) in [5, 5.41) is 11.5. The van der Waals surface area contributed by atoms with Crippen molar-refractivity contribution in [3.63, 3.8) is 0 Å². The van der Waals surface area contributed by atoms with E-state index in [9.17, 15) is 14.7 Å². The van der Waals surface area contributed by atoms with Crippen molar-refractivity contribution in [1.82, 2.24) is 4.90 Å². The normalized spacial score (nSPS) is 19.5. The Hall–Kier alpha value is -4.46. The van der Waals surface area contributed by atoms with Crippen LogP contribution in [0, 0.1) is 0 Å². The van der Waals surface area contributed by atoms with Crippen LogP contribution in [0.25, 0.3) is 5.76 Å². The fourth-order valence-electron chi connectivity index (χ4n) is 5.34. The van der Waals surface area contributed by atoms with Crippen LogP contribution in [0.5, 0.6) is 23.0 Å². The molecule has 0 saturated carbocycles. The highest BCUT2D eigenvalue weighted by atomic mass is 16.5. The second-order valence-corrected chi connectivity index (χ2v) is 9.64. The summed E-state index contributed by atoms with van der Waals surface area (Å²) in [6.07, 6.45) is 1.25. The van der Waals surface area contributed by atoms with Crippen LogP contribution in [-0.4, -0.2) is 55.7 Å². The van der Waals surface area contributed by atoms with Crippen LogP contribution < -0.4 is 18.9 Å². The first-order valence-electron chi connectivity index (χ1n) is 12.8. The molecule has 1 fully saturated rings. The van der Waals surface area contributed by atoms with Gasteiger partial charge in [0.15, 0.2) is 11.5 Å². The number of carbonyl (C=O) groups is 2. The summed E-state index contributed by atoms with van der Waals surface area (Å²) in [7, 11) is 4.51. The van der Waals surface area contributed by atoms with Crippen LogP contribution in [0.2, 0.25) is 0 Å². The SMILES string of the molecule is COc1cc([C@@H]2C(=C(O)c3ccc4c(c3)C[C@H](C)O4)C(=O)C(=O)N2CCc2ccccc2)cc(OC)c1OC. The molecule has 0 aliphatic carbocycles. The number of ether oxygens (including phenoxy) is 4. The third-order valence-corrected chi connectivity index (χ3v) is 7.20. The molecule has 1 saturated heterocycles.